The number of hydrogen-bond donors (Lipinski definition) is 2. The number of nitrogens with one attached hydrogen (secondary N) is 1. The molecule has 0 aliphatic carbocycles. The highest BCUT2D eigenvalue weighted by Gasteiger charge is 2.35. The molecular weight excluding hydrogens is 222 g/mol. The van der Waals surface area contributed by atoms with Crippen LogP contribution in [0.3, 0.4) is 0 Å². The van der Waals surface area contributed by atoms with Crippen molar-refractivity contribution in [1.29, 1.82) is 0 Å². The molecule has 2 aliphatic rings. The van der Waals surface area contributed by atoms with E-state index < -0.39 is 11.2 Å². The molecule has 0 bridgehead atoms. The Labute approximate surface area is 97.4 Å². The van der Waals surface area contributed by atoms with Crippen molar-refractivity contribution < 1.29 is 9.90 Å². The van der Waals surface area contributed by atoms with Crippen molar-refractivity contribution in [2.75, 3.05) is 12.0 Å². The van der Waals surface area contributed by atoms with Gasteiger partial charge in [0.1, 0.15) is 6.17 Å². The Balaban J connectivity index is 2.13. The fourth-order valence-electron chi connectivity index (χ4n) is 2.44. The SMILES string of the molecule is O=C1c2c(O)c(=O)ccn2NC2CCCCN12. The number of piperidine rings is 1. The van der Waals surface area contributed by atoms with Crippen LogP contribution in [0.15, 0.2) is 17.1 Å². The number of pyridine rings is 1. The highest BCUT2D eigenvalue weighted by atomic mass is 16.3. The van der Waals surface area contributed by atoms with Gasteiger partial charge in [0.2, 0.25) is 5.43 Å². The lowest BCUT2D eigenvalue weighted by Gasteiger charge is -2.41. The van der Waals surface area contributed by atoms with E-state index in [0.29, 0.717) is 6.54 Å². The van der Waals surface area contributed by atoms with E-state index in [1.807, 2.05) is 0 Å². The van der Waals surface area contributed by atoms with Crippen molar-refractivity contribution in [3.8, 4) is 5.75 Å². The number of aromatic hydroxyl groups is 1. The Bertz CT molecular complexity index is 537. The molecular formula is C11H13N3O3. The second kappa shape index (κ2) is 3.51. The quantitative estimate of drug-likeness (QED) is 0.667. The molecule has 90 valence electrons. The van der Waals surface area contributed by atoms with Gasteiger partial charge < -0.3 is 15.4 Å². The number of amides is 1. The van der Waals surface area contributed by atoms with E-state index in [1.165, 1.54) is 16.9 Å². The summed E-state index contributed by atoms with van der Waals surface area (Å²) in [6.07, 6.45) is 4.37. The van der Waals surface area contributed by atoms with Gasteiger partial charge >= 0.3 is 0 Å². The molecule has 1 amide bonds. The van der Waals surface area contributed by atoms with Crippen LogP contribution in [0.4, 0.5) is 0 Å². The molecule has 3 heterocycles. The van der Waals surface area contributed by atoms with Crippen LogP contribution in [0.25, 0.3) is 0 Å². The molecule has 1 aromatic heterocycles. The minimum absolute atomic E-state index is 0.0364. The van der Waals surface area contributed by atoms with Crippen LogP contribution in [0.2, 0.25) is 0 Å². The summed E-state index contributed by atoms with van der Waals surface area (Å²) in [5.74, 6) is -0.752. The molecule has 0 spiro atoms. The number of aromatic nitrogens is 1. The van der Waals surface area contributed by atoms with Gasteiger partial charge in [0, 0.05) is 18.8 Å². The first-order chi connectivity index (χ1) is 8.18. The molecule has 1 fully saturated rings. The van der Waals surface area contributed by atoms with Gasteiger partial charge in [-0.15, -0.1) is 0 Å². The van der Waals surface area contributed by atoms with Crippen molar-refractivity contribution in [3.05, 3.63) is 28.2 Å². The fraction of sp³-hybridized carbons (Fsp3) is 0.455. The van der Waals surface area contributed by atoms with Crippen LogP contribution in [-0.2, 0) is 0 Å². The maximum atomic E-state index is 12.2. The van der Waals surface area contributed by atoms with Crippen LogP contribution in [0.5, 0.6) is 5.75 Å². The van der Waals surface area contributed by atoms with Gasteiger partial charge in [0.05, 0.1) is 0 Å². The first-order valence-corrected chi connectivity index (χ1v) is 5.70. The lowest BCUT2D eigenvalue weighted by molar-refractivity contribution is 0.0569. The highest BCUT2D eigenvalue weighted by Crippen LogP contribution is 2.25. The maximum absolute atomic E-state index is 12.2. The summed E-state index contributed by atoms with van der Waals surface area (Å²) in [5.41, 5.74) is 2.63. The summed E-state index contributed by atoms with van der Waals surface area (Å²) in [6, 6.07) is 1.25. The molecule has 2 N–H and O–H groups in total. The third-order valence-electron chi connectivity index (χ3n) is 3.33. The Hall–Kier alpha value is -1.98. The average molecular weight is 235 g/mol. The summed E-state index contributed by atoms with van der Waals surface area (Å²) in [5, 5.41) is 9.68. The molecule has 1 saturated heterocycles. The number of carbonyl (C=O) groups is 1. The fourth-order valence-corrected chi connectivity index (χ4v) is 2.44. The summed E-state index contributed by atoms with van der Waals surface area (Å²) in [4.78, 5) is 25.2. The standard InChI is InChI=1S/C11H13N3O3/c15-7-4-6-14-9(10(7)16)11(17)13-5-2-1-3-8(13)12-14/h4,6,8,12,16H,1-3,5H2. The molecule has 3 rings (SSSR count). The number of nitrogens with zero attached hydrogens (tertiary/aromatic N) is 2. The third-order valence-corrected chi connectivity index (χ3v) is 3.33. The Morgan fingerprint density at radius 1 is 1.35 bits per heavy atom. The first-order valence-electron chi connectivity index (χ1n) is 5.70. The van der Waals surface area contributed by atoms with Gasteiger partial charge in [-0.25, -0.2) is 0 Å². The van der Waals surface area contributed by atoms with E-state index in [4.69, 9.17) is 0 Å². The second-order valence-corrected chi connectivity index (χ2v) is 4.39. The van der Waals surface area contributed by atoms with Crippen LogP contribution in [0, 0.1) is 0 Å². The van der Waals surface area contributed by atoms with Gasteiger partial charge in [-0.3, -0.25) is 14.3 Å². The van der Waals surface area contributed by atoms with Gasteiger partial charge in [-0.05, 0) is 19.3 Å². The zero-order valence-corrected chi connectivity index (χ0v) is 9.22. The molecule has 1 atom stereocenters. The second-order valence-electron chi connectivity index (χ2n) is 4.39. The normalized spacial score (nSPS) is 22.7. The lowest BCUT2D eigenvalue weighted by Crippen LogP contribution is -2.55. The molecule has 6 heteroatoms. The summed E-state index contributed by atoms with van der Waals surface area (Å²) in [6.45, 7) is 0.666. The van der Waals surface area contributed by atoms with Crippen LogP contribution in [0.1, 0.15) is 29.8 Å². The van der Waals surface area contributed by atoms with Crippen molar-refractivity contribution >= 4 is 5.91 Å². The van der Waals surface area contributed by atoms with E-state index in [9.17, 15) is 14.7 Å². The average Bonchev–Trinajstić information content (AvgIpc) is 2.34. The monoisotopic (exact) mass is 235 g/mol. The van der Waals surface area contributed by atoms with Crippen LogP contribution >= 0.6 is 0 Å². The summed E-state index contributed by atoms with van der Waals surface area (Å²) in [7, 11) is 0. The van der Waals surface area contributed by atoms with Gasteiger partial charge in [-0.1, -0.05) is 0 Å². The first kappa shape index (κ1) is 10.2. The predicted molar refractivity (Wildman–Crippen MR) is 60.4 cm³/mol. The molecule has 1 aromatic rings. The van der Waals surface area contributed by atoms with Crippen molar-refractivity contribution in [3.63, 3.8) is 0 Å². The molecule has 0 saturated carbocycles. The molecule has 0 aromatic carbocycles. The molecule has 17 heavy (non-hydrogen) atoms. The van der Waals surface area contributed by atoms with E-state index in [1.54, 1.807) is 4.90 Å². The van der Waals surface area contributed by atoms with Crippen molar-refractivity contribution in [2.24, 2.45) is 0 Å². The minimum Gasteiger partial charge on any atom is -0.502 e. The number of carbonyl (C=O) groups excluding carboxylic acids is 1. The summed E-state index contributed by atoms with van der Waals surface area (Å²) < 4.78 is 1.45. The van der Waals surface area contributed by atoms with E-state index in [0.717, 1.165) is 19.3 Å². The van der Waals surface area contributed by atoms with E-state index in [-0.39, 0.29) is 17.8 Å². The van der Waals surface area contributed by atoms with Crippen LogP contribution in [-0.4, -0.2) is 33.3 Å². The van der Waals surface area contributed by atoms with E-state index in [2.05, 4.69) is 5.43 Å². The number of hydrogen-bond acceptors (Lipinski definition) is 4. The van der Waals surface area contributed by atoms with E-state index >= 15 is 0 Å². The predicted octanol–water partition coefficient (Wildman–Crippen LogP) is 0.0632. The van der Waals surface area contributed by atoms with Gasteiger partial charge in [0.25, 0.3) is 5.91 Å². The number of rotatable bonds is 0. The number of fused-ring (bicyclic) bond motifs is 2. The lowest BCUT2D eigenvalue weighted by atomic mass is 10.1. The topological polar surface area (TPSA) is 74.6 Å². The molecule has 2 aliphatic heterocycles. The van der Waals surface area contributed by atoms with Crippen LogP contribution < -0.4 is 10.9 Å². The minimum atomic E-state index is -0.526. The zero-order chi connectivity index (χ0) is 12.0. The maximum Gasteiger partial charge on any atom is 0.278 e. The van der Waals surface area contributed by atoms with Crippen molar-refractivity contribution in [1.82, 2.24) is 9.58 Å². The zero-order valence-electron chi connectivity index (χ0n) is 9.22. The van der Waals surface area contributed by atoms with Gasteiger partial charge in [-0.2, -0.15) is 0 Å². The Kier molecular flexibility index (Phi) is 2.10. The highest BCUT2D eigenvalue weighted by molar-refractivity contribution is 5.96. The largest absolute Gasteiger partial charge is 0.502 e. The molecule has 1 unspecified atom stereocenters. The Morgan fingerprint density at radius 3 is 3.00 bits per heavy atom. The smallest absolute Gasteiger partial charge is 0.278 e. The molecule has 6 nitrogen and oxygen atoms in total. The summed E-state index contributed by atoms with van der Waals surface area (Å²) >= 11 is 0. The van der Waals surface area contributed by atoms with Crippen molar-refractivity contribution in [2.45, 2.75) is 25.4 Å². The molecule has 0 radical (unpaired) electrons. The van der Waals surface area contributed by atoms with Gasteiger partial charge in [0.15, 0.2) is 11.4 Å². The third kappa shape index (κ3) is 1.40. The Morgan fingerprint density at radius 2 is 2.18 bits per heavy atom.